The number of rotatable bonds is 3. The number of pyridine rings is 1. The number of piperidine rings is 1. The van der Waals surface area contributed by atoms with Gasteiger partial charge < -0.3 is 5.32 Å². The molecular weight excluding hydrogens is 326 g/mol. The molecule has 3 aromatic rings. The van der Waals surface area contributed by atoms with Crippen molar-refractivity contribution in [2.75, 3.05) is 13.1 Å². The van der Waals surface area contributed by atoms with Gasteiger partial charge in [-0.05, 0) is 64.1 Å². The first-order valence-electron chi connectivity index (χ1n) is 9.11. The molecule has 6 nitrogen and oxygen atoms in total. The maximum atomic E-state index is 12.1. The normalized spacial score (nSPS) is 15.0. The second-order valence-corrected chi connectivity index (χ2v) is 6.94. The monoisotopic (exact) mass is 349 g/mol. The molecule has 1 aliphatic heterocycles. The summed E-state index contributed by atoms with van der Waals surface area (Å²) in [5.74, 6) is 0. The van der Waals surface area contributed by atoms with E-state index in [1.54, 1.807) is 12.1 Å². The summed E-state index contributed by atoms with van der Waals surface area (Å²) in [5, 5.41) is 12.8. The number of hydrogen-bond donors (Lipinski definition) is 1. The average Bonchev–Trinajstić information content (AvgIpc) is 3.00. The Morgan fingerprint density at radius 1 is 1.12 bits per heavy atom. The highest BCUT2D eigenvalue weighted by molar-refractivity contribution is 5.85. The van der Waals surface area contributed by atoms with Crippen molar-refractivity contribution in [3.05, 3.63) is 58.1 Å². The van der Waals surface area contributed by atoms with E-state index in [0.29, 0.717) is 0 Å². The summed E-state index contributed by atoms with van der Waals surface area (Å²) in [4.78, 5) is 12.1. The lowest BCUT2D eigenvalue weighted by Gasteiger charge is -2.15. The largest absolute Gasteiger partial charge is 0.316 e. The maximum Gasteiger partial charge on any atom is 0.267 e. The van der Waals surface area contributed by atoms with Crippen LogP contribution in [0.5, 0.6) is 0 Å². The summed E-state index contributed by atoms with van der Waals surface area (Å²) in [6.07, 6.45) is 6.20. The average molecular weight is 349 g/mol. The molecule has 1 aliphatic rings. The van der Waals surface area contributed by atoms with E-state index < -0.39 is 0 Å². The quantitative estimate of drug-likeness (QED) is 0.790. The minimum atomic E-state index is -0.0847. The van der Waals surface area contributed by atoms with Crippen molar-refractivity contribution in [1.82, 2.24) is 24.7 Å². The van der Waals surface area contributed by atoms with Gasteiger partial charge in [-0.15, -0.1) is 0 Å². The number of nitrogens with one attached hydrogen (secondary N) is 1. The van der Waals surface area contributed by atoms with Gasteiger partial charge in [0.1, 0.15) is 0 Å². The molecule has 4 heterocycles. The second-order valence-electron chi connectivity index (χ2n) is 6.94. The summed E-state index contributed by atoms with van der Waals surface area (Å²) in [6.45, 7) is 5.94. The molecule has 0 amide bonds. The Hall–Kier alpha value is -2.73. The summed E-state index contributed by atoms with van der Waals surface area (Å²) < 4.78 is 3.42. The van der Waals surface area contributed by atoms with Crippen LogP contribution in [0, 0.1) is 0 Å². The highest BCUT2D eigenvalue weighted by atomic mass is 16.1. The van der Waals surface area contributed by atoms with Crippen LogP contribution in [0.4, 0.5) is 0 Å². The molecule has 0 radical (unpaired) electrons. The van der Waals surface area contributed by atoms with E-state index in [-0.39, 0.29) is 11.6 Å². The van der Waals surface area contributed by atoms with Gasteiger partial charge in [0.2, 0.25) is 0 Å². The maximum absolute atomic E-state index is 12.1. The van der Waals surface area contributed by atoms with Crippen LogP contribution in [0.25, 0.3) is 22.9 Å². The Balaban J connectivity index is 1.92. The number of nitrogens with zero attached hydrogens (tertiary/aromatic N) is 4. The molecule has 134 valence electrons. The predicted octanol–water partition coefficient (Wildman–Crippen LogP) is 2.91. The molecule has 3 aromatic heterocycles. The topological polar surface area (TPSA) is 64.2 Å². The first-order valence-corrected chi connectivity index (χ1v) is 9.11. The molecule has 0 bridgehead atoms. The molecule has 6 heteroatoms. The summed E-state index contributed by atoms with van der Waals surface area (Å²) in [6, 6.07) is 9.41. The molecule has 4 rings (SSSR count). The smallest absolute Gasteiger partial charge is 0.267 e. The van der Waals surface area contributed by atoms with Crippen molar-refractivity contribution in [1.29, 1.82) is 0 Å². The first-order chi connectivity index (χ1) is 12.6. The van der Waals surface area contributed by atoms with Crippen LogP contribution in [-0.2, 0) is 0 Å². The van der Waals surface area contributed by atoms with Gasteiger partial charge in [0.25, 0.3) is 5.56 Å². The molecule has 0 unspecified atom stereocenters. The van der Waals surface area contributed by atoms with Crippen LogP contribution >= 0.6 is 0 Å². The molecule has 26 heavy (non-hydrogen) atoms. The van der Waals surface area contributed by atoms with E-state index in [1.807, 2.05) is 42.8 Å². The first kappa shape index (κ1) is 16.7. The Morgan fingerprint density at radius 2 is 1.92 bits per heavy atom. The van der Waals surface area contributed by atoms with Gasteiger partial charge in [0.15, 0.2) is 0 Å². The molecule has 0 aliphatic carbocycles. The fourth-order valence-electron chi connectivity index (χ4n) is 3.39. The molecule has 0 atom stereocenters. The van der Waals surface area contributed by atoms with Gasteiger partial charge in [-0.2, -0.15) is 10.2 Å². The Bertz CT molecular complexity index is 1020. The third-order valence-electron chi connectivity index (χ3n) is 4.72. The summed E-state index contributed by atoms with van der Waals surface area (Å²) in [7, 11) is 0. The minimum Gasteiger partial charge on any atom is -0.316 e. The molecular formula is C20H23N5O. The van der Waals surface area contributed by atoms with Crippen molar-refractivity contribution in [2.45, 2.75) is 32.7 Å². The molecule has 1 N–H and O–H groups in total. The van der Waals surface area contributed by atoms with Crippen molar-refractivity contribution in [3.8, 4) is 11.3 Å². The van der Waals surface area contributed by atoms with Crippen LogP contribution in [0.2, 0.25) is 0 Å². The van der Waals surface area contributed by atoms with E-state index in [9.17, 15) is 4.79 Å². The lowest BCUT2D eigenvalue weighted by atomic mass is 10.0. The third kappa shape index (κ3) is 3.08. The van der Waals surface area contributed by atoms with Gasteiger partial charge in [0, 0.05) is 12.3 Å². The Labute approximate surface area is 152 Å². The zero-order valence-corrected chi connectivity index (χ0v) is 15.1. The SMILES string of the molecule is CC(C)n1nc(-c2c(C=C3CCNCC3)nn3ccccc23)ccc1=O. The van der Waals surface area contributed by atoms with Crippen LogP contribution in [0.15, 0.2) is 46.9 Å². The van der Waals surface area contributed by atoms with E-state index in [0.717, 1.165) is 48.4 Å². The van der Waals surface area contributed by atoms with Crippen molar-refractivity contribution < 1.29 is 0 Å². The third-order valence-corrected chi connectivity index (χ3v) is 4.72. The molecule has 0 aromatic carbocycles. The standard InChI is InChI=1S/C20H23N5O/c1-14(2)25-19(26)7-6-16(23-25)20-17(13-15-8-10-21-11-9-15)22-24-12-4-3-5-18(20)24/h3-7,12-14,21H,8-11H2,1-2H3. The van der Waals surface area contributed by atoms with Crippen molar-refractivity contribution in [3.63, 3.8) is 0 Å². The fraction of sp³-hybridized carbons (Fsp3) is 0.350. The summed E-state index contributed by atoms with van der Waals surface area (Å²) >= 11 is 0. The van der Waals surface area contributed by atoms with Crippen molar-refractivity contribution in [2.24, 2.45) is 0 Å². The number of aromatic nitrogens is 4. The Kier molecular flexibility index (Phi) is 4.42. The van der Waals surface area contributed by atoms with E-state index in [2.05, 4.69) is 16.5 Å². The van der Waals surface area contributed by atoms with Crippen LogP contribution in [0.1, 0.15) is 38.4 Å². The Morgan fingerprint density at radius 3 is 2.69 bits per heavy atom. The van der Waals surface area contributed by atoms with Gasteiger partial charge >= 0.3 is 0 Å². The number of hydrogen-bond acceptors (Lipinski definition) is 4. The molecule has 1 saturated heterocycles. The van der Waals surface area contributed by atoms with Gasteiger partial charge in [-0.3, -0.25) is 4.79 Å². The fourth-order valence-corrected chi connectivity index (χ4v) is 3.39. The van der Waals surface area contributed by atoms with Crippen LogP contribution in [-0.4, -0.2) is 32.5 Å². The predicted molar refractivity (Wildman–Crippen MR) is 103 cm³/mol. The zero-order chi connectivity index (χ0) is 18.1. The molecule has 1 fully saturated rings. The van der Waals surface area contributed by atoms with Crippen molar-refractivity contribution >= 4 is 11.6 Å². The second kappa shape index (κ2) is 6.88. The highest BCUT2D eigenvalue weighted by Gasteiger charge is 2.17. The lowest BCUT2D eigenvalue weighted by Crippen LogP contribution is -2.24. The molecule has 0 saturated carbocycles. The zero-order valence-electron chi connectivity index (χ0n) is 15.1. The minimum absolute atomic E-state index is 0.00973. The van der Waals surface area contributed by atoms with Crippen LogP contribution < -0.4 is 10.9 Å². The number of fused-ring (bicyclic) bond motifs is 1. The van der Waals surface area contributed by atoms with E-state index in [1.165, 1.54) is 10.3 Å². The van der Waals surface area contributed by atoms with E-state index in [4.69, 9.17) is 5.10 Å². The highest BCUT2D eigenvalue weighted by Crippen LogP contribution is 2.29. The van der Waals surface area contributed by atoms with Gasteiger partial charge in [0.05, 0.1) is 28.5 Å². The summed E-state index contributed by atoms with van der Waals surface area (Å²) in [5.41, 5.74) is 4.97. The van der Waals surface area contributed by atoms with Gasteiger partial charge in [-0.1, -0.05) is 11.6 Å². The van der Waals surface area contributed by atoms with Crippen LogP contribution in [0.3, 0.4) is 0 Å². The lowest BCUT2D eigenvalue weighted by molar-refractivity contribution is 0.505. The molecule has 0 spiro atoms. The van der Waals surface area contributed by atoms with E-state index >= 15 is 0 Å². The van der Waals surface area contributed by atoms with Gasteiger partial charge in [-0.25, -0.2) is 9.20 Å².